The predicted octanol–water partition coefficient (Wildman–Crippen LogP) is 4.66. The van der Waals surface area contributed by atoms with E-state index in [1.807, 2.05) is 11.0 Å². The highest BCUT2D eigenvalue weighted by atomic mass is 35.5. The number of para-hydroxylation sites is 1. The van der Waals surface area contributed by atoms with E-state index in [1.165, 1.54) is 37.6 Å². The van der Waals surface area contributed by atoms with Gasteiger partial charge < -0.3 is 29.9 Å². The molecule has 1 aromatic carbocycles. The Morgan fingerprint density at radius 3 is 2.84 bits per heavy atom. The summed E-state index contributed by atoms with van der Waals surface area (Å²) in [5, 5.41) is 5.98. The Balaban J connectivity index is 1.23. The van der Waals surface area contributed by atoms with Gasteiger partial charge in [-0.1, -0.05) is 35.6 Å². The second-order valence-electron chi connectivity index (χ2n) is 9.96. The van der Waals surface area contributed by atoms with Crippen LogP contribution in [0.15, 0.2) is 61.4 Å². The van der Waals surface area contributed by atoms with Gasteiger partial charge in [0, 0.05) is 30.4 Å². The molecule has 6 rings (SSSR count). The number of methoxy groups -OCH3 is 1. The van der Waals surface area contributed by atoms with Gasteiger partial charge in [-0.15, -0.1) is 0 Å². The van der Waals surface area contributed by atoms with Crippen molar-refractivity contribution in [3.8, 4) is 17.0 Å². The van der Waals surface area contributed by atoms with Gasteiger partial charge in [0.05, 0.1) is 36.3 Å². The van der Waals surface area contributed by atoms with Gasteiger partial charge in [-0.3, -0.25) is 9.59 Å². The van der Waals surface area contributed by atoms with Gasteiger partial charge >= 0.3 is 5.97 Å². The fraction of sp³-hybridized carbons (Fsp3) is 0.200. The third-order valence-electron chi connectivity index (χ3n) is 7.25. The summed E-state index contributed by atoms with van der Waals surface area (Å²) < 4.78 is 25.2. The molecule has 1 fully saturated rings. The van der Waals surface area contributed by atoms with Crippen molar-refractivity contribution in [1.29, 1.82) is 0 Å². The van der Waals surface area contributed by atoms with Crippen LogP contribution in [0.1, 0.15) is 15.2 Å². The number of benzene rings is 1. The van der Waals surface area contributed by atoms with Crippen molar-refractivity contribution >= 4 is 63.2 Å². The zero-order valence-corrected chi connectivity index (χ0v) is 25.3. The van der Waals surface area contributed by atoms with Crippen LogP contribution in [0.3, 0.4) is 0 Å². The Bertz CT molecular complexity index is 1820. The molecule has 0 aliphatic carbocycles. The number of rotatable bonds is 7. The summed E-state index contributed by atoms with van der Waals surface area (Å²) in [4.78, 5) is 55.1. The fourth-order valence-corrected chi connectivity index (χ4v) is 5.93. The van der Waals surface area contributed by atoms with E-state index < -0.39 is 23.7 Å². The quantitative estimate of drug-likeness (QED) is 0.215. The largest absolute Gasteiger partial charge is 0.493 e. The average molecular weight is 650 g/mol. The summed E-state index contributed by atoms with van der Waals surface area (Å²) >= 11 is 7.06. The molecule has 5 heterocycles. The number of pyridine rings is 2. The van der Waals surface area contributed by atoms with Crippen LogP contribution in [-0.4, -0.2) is 70.4 Å². The van der Waals surface area contributed by atoms with E-state index in [9.17, 15) is 18.8 Å². The summed E-state index contributed by atoms with van der Waals surface area (Å²) in [6.07, 6.45) is 4.24. The number of amides is 2. The molecular weight excluding hydrogens is 625 g/mol. The Morgan fingerprint density at radius 2 is 2.07 bits per heavy atom. The highest BCUT2D eigenvalue weighted by Gasteiger charge is 2.38. The first kappa shape index (κ1) is 30.0. The van der Waals surface area contributed by atoms with Gasteiger partial charge in [0.25, 0.3) is 5.91 Å². The summed E-state index contributed by atoms with van der Waals surface area (Å²) in [6, 6.07) is 8.79. The minimum atomic E-state index is -0.675. The lowest BCUT2D eigenvalue weighted by Crippen LogP contribution is -2.57. The number of thiazole rings is 1. The van der Waals surface area contributed by atoms with Crippen molar-refractivity contribution in [3.05, 3.63) is 82.7 Å². The number of hydrogen-bond acceptors (Lipinski definition) is 11. The molecule has 3 aromatic heterocycles. The van der Waals surface area contributed by atoms with Crippen LogP contribution in [0.5, 0.6) is 5.75 Å². The van der Waals surface area contributed by atoms with Crippen LogP contribution >= 0.6 is 22.9 Å². The van der Waals surface area contributed by atoms with E-state index in [0.29, 0.717) is 52.4 Å². The first-order chi connectivity index (χ1) is 21.7. The summed E-state index contributed by atoms with van der Waals surface area (Å²) in [5.41, 5.74) is 1.79. The molecule has 0 bridgehead atoms. The molecule has 0 saturated carbocycles. The maximum absolute atomic E-state index is 14.1. The van der Waals surface area contributed by atoms with Crippen molar-refractivity contribution in [2.75, 3.05) is 42.3 Å². The number of nitrogens with zero attached hydrogens (tertiary/aromatic N) is 5. The van der Waals surface area contributed by atoms with Crippen molar-refractivity contribution in [3.63, 3.8) is 0 Å². The molecule has 0 spiro atoms. The molecule has 2 amide bonds. The highest BCUT2D eigenvalue weighted by molar-refractivity contribution is 7.17. The fourth-order valence-electron chi connectivity index (χ4n) is 5.01. The van der Waals surface area contributed by atoms with Crippen LogP contribution in [0.4, 0.5) is 26.8 Å². The van der Waals surface area contributed by atoms with Crippen molar-refractivity contribution in [2.45, 2.75) is 12.6 Å². The molecule has 45 heavy (non-hydrogen) atoms. The third-order valence-corrected chi connectivity index (χ3v) is 8.48. The molecular formula is C30H25ClFN7O5S. The minimum absolute atomic E-state index is 0.0146. The second-order valence-corrected chi connectivity index (χ2v) is 11.4. The Hall–Kier alpha value is -5.08. The lowest BCUT2D eigenvalue weighted by atomic mass is 10.1. The SMILES string of the molecule is C=CC(=O)N1CCN2c3ncc(-c4ccc(OC)c(Nc5ncc(C(=O)Nc6c(F)cccc6Cl)s5)n4)cc3COC(=O)C2C1. The van der Waals surface area contributed by atoms with Gasteiger partial charge in [0.2, 0.25) is 5.91 Å². The van der Waals surface area contributed by atoms with E-state index >= 15 is 0 Å². The van der Waals surface area contributed by atoms with Crippen molar-refractivity contribution in [1.82, 2.24) is 19.9 Å². The maximum atomic E-state index is 14.1. The van der Waals surface area contributed by atoms with Gasteiger partial charge in [-0.2, -0.15) is 0 Å². The number of carbonyl (C=O) groups excluding carboxylic acids is 3. The molecule has 15 heteroatoms. The molecule has 230 valence electrons. The lowest BCUT2D eigenvalue weighted by molar-refractivity contribution is -0.147. The van der Waals surface area contributed by atoms with Crippen LogP contribution < -0.4 is 20.3 Å². The number of nitrogens with one attached hydrogen (secondary N) is 2. The molecule has 2 N–H and O–H groups in total. The van der Waals surface area contributed by atoms with E-state index in [4.69, 9.17) is 26.1 Å². The smallest absolute Gasteiger partial charge is 0.331 e. The van der Waals surface area contributed by atoms with Crippen molar-refractivity contribution < 1.29 is 28.2 Å². The van der Waals surface area contributed by atoms with E-state index in [2.05, 4.69) is 27.2 Å². The minimum Gasteiger partial charge on any atom is -0.493 e. The molecule has 0 radical (unpaired) electrons. The number of fused-ring (bicyclic) bond motifs is 3. The Labute approximate surface area is 265 Å². The maximum Gasteiger partial charge on any atom is 0.331 e. The molecule has 2 aliphatic heterocycles. The Morgan fingerprint density at radius 1 is 1.22 bits per heavy atom. The lowest BCUT2D eigenvalue weighted by Gasteiger charge is -2.39. The molecule has 1 atom stereocenters. The summed E-state index contributed by atoms with van der Waals surface area (Å²) in [6.45, 7) is 4.56. The van der Waals surface area contributed by atoms with Crippen LogP contribution in [0.25, 0.3) is 11.3 Å². The van der Waals surface area contributed by atoms with Crippen LogP contribution in [0.2, 0.25) is 5.02 Å². The van der Waals surface area contributed by atoms with E-state index in [1.54, 1.807) is 23.2 Å². The molecule has 1 saturated heterocycles. The number of ether oxygens (including phenoxy) is 2. The van der Waals surface area contributed by atoms with Gasteiger partial charge in [-0.05, 0) is 36.4 Å². The number of halogens is 2. The normalized spacial score (nSPS) is 15.7. The first-order valence-electron chi connectivity index (χ1n) is 13.6. The highest BCUT2D eigenvalue weighted by Crippen LogP contribution is 2.34. The number of piperazine rings is 1. The monoisotopic (exact) mass is 649 g/mol. The topological polar surface area (TPSA) is 139 Å². The average Bonchev–Trinajstić information content (AvgIpc) is 3.48. The first-order valence-corrected chi connectivity index (χ1v) is 14.8. The molecule has 2 aliphatic rings. The molecule has 12 nitrogen and oxygen atoms in total. The predicted molar refractivity (Wildman–Crippen MR) is 166 cm³/mol. The van der Waals surface area contributed by atoms with E-state index in [-0.39, 0.29) is 34.6 Å². The van der Waals surface area contributed by atoms with Gasteiger partial charge in [0.15, 0.2) is 16.7 Å². The number of aromatic nitrogens is 3. The van der Waals surface area contributed by atoms with Crippen LogP contribution in [-0.2, 0) is 20.9 Å². The number of cyclic esters (lactones) is 1. The second kappa shape index (κ2) is 12.5. The molecule has 4 aromatic rings. The number of anilines is 4. The van der Waals surface area contributed by atoms with Crippen LogP contribution in [0, 0.1) is 5.82 Å². The number of carbonyl (C=O) groups is 3. The summed E-state index contributed by atoms with van der Waals surface area (Å²) in [5.74, 6) is -0.542. The standard InChI is InChI=1S/C30H25ClFN7O5S/c1-3-24(40)38-9-10-39-21(14-38)29(42)44-15-17-11-16(12-33-27(17)39)20-7-8-22(43-2)26(35-20)37-30-34-13-23(45-30)28(41)36-25-18(31)5-4-6-19(25)32/h3-8,11-13,21H,1,9-10,14-15H2,2H3,(H,36,41)(H,34,35,37). The zero-order chi connectivity index (χ0) is 31.7. The summed E-state index contributed by atoms with van der Waals surface area (Å²) in [7, 11) is 1.50. The number of esters is 1. The van der Waals surface area contributed by atoms with Gasteiger partial charge in [-0.25, -0.2) is 24.1 Å². The van der Waals surface area contributed by atoms with E-state index in [0.717, 1.165) is 11.3 Å². The van der Waals surface area contributed by atoms with Crippen molar-refractivity contribution in [2.24, 2.45) is 0 Å². The Kier molecular flexibility index (Phi) is 8.32. The van der Waals surface area contributed by atoms with Gasteiger partial charge in [0.1, 0.15) is 29.2 Å². The molecule has 1 unspecified atom stereocenters. The zero-order valence-electron chi connectivity index (χ0n) is 23.8. The number of hydrogen-bond donors (Lipinski definition) is 2. The third kappa shape index (κ3) is 6.01.